The molecule has 3 N–H and O–H groups in total. The van der Waals surface area contributed by atoms with Gasteiger partial charge in [0.25, 0.3) is 0 Å². The molecule has 0 aromatic heterocycles. The Bertz CT molecular complexity index is 695. The second-order valence-electron chi connectivity index (χ2n) is 4.74. The van der Waals surface area contributed by atoms with E-state index in [1.807, 2.05) is 30.3 Å². The summed E-state index contributed by atoms with van der Waals surface area (Å²) in [6.45, 7) is 0. The number of hydrazine groups is 1. The Morgan fingerprint density at radius 1 is 1.04 bits per heavy atom. The van der Waals surface area contributed by atoms with Gasteiger partial charge in [-0.2, -0.15) is 0 Å². The van der Waals surface area contributed by atoms with E-state index in [-0.39, 0.29) is 11.0 Å². The lowest BCUT2D eigenvalue weighted by Gasteiger charge is -2.12. The maximum atomic E-state index is 11.8. The number of rotatable bonds is 4. The summed E-state index contributed by atoms with van der Waals surface area (Å²) in [7, 11) is 0. The van der Waals surface area contributed by atoms with Gasteiger partial charge in [0.1, 0.15) is 0 Å². The fourth-order valence-corrected chi connectivity index (χ4v) is 2.34. The second-order valence-corrected chi connectivity index (χ2v) is 5.99. The van der Waals surface area contributed by atoms with E-state index in [4.69, 9.17) is 35.4 Å². The number of nitrogens with one attached hydrogen (secondary N) is 3. The number of amides is 1. The molecule has 4 nitrogen and oxygen atoms in total. The number of carbonyl (C=O) groups excluding carboxylic acids is 1. The number of benzene rings is 2. The first-order valence-corrected chi connectivity index (χ1v) is 8.06. The second kappa shape index (κ2) is 8.72. The van der Waals surface area contributed by atoms with Gasteiger partial charge in [0.2, 0.25) is 5.91 Å². The van der Waals surface area contributed by atoms with Gasteiger partial charge in [-0.05, 0) is 42.4 Å². The molecule has 2 rings (SSSR count). The van der Waals surface area contributed by atoms with E-state index in [0.717, 1.165) is 5.56 Å². The summed E-state index contributed by atoms with van der Waals surface area (Å²) in [5, 5.41) is 4.11. The van der Waals surface area contributed by atoms with Gasteiger partial charge >= 0.3 is 0 Å². The van der Waals surface area contributed by atoms with E-state index < -0.39 is 0 Å². The van der Waals surface area contributed by atoms with Crippen molar-refractivity contribution in [1.82, 2.24) is 10.9 Å². The molecule has 0 saturated heterocycles. The summed E-state index contributed by atoms with van der Waals surface area (Å²) in [4.78, 5) is 11.8. The van der Waals surface area contributed by atoms with E-state index in [9.17, 15) is 4.79 Å². The van der Waals surface area contributed by atoms with Crippen molar-refractivity contribution in [2.75, 3.05) is 5.32 Å². The van der Waals surface area contributed by atoms with Crippen molar-refractivity contribution in [3.63, 3.8) is 0 Å². The number of hydrogen-bond acceptors (Lipinski definition) is 2. The van der Waals surface area contributed by atoms with Crippen molar-refractivity contribution in [2.45, 2.75) is 12.8 Å². The van der Waals surface area contributed by atoms with Gasteiger partial charge in [0.05, 0.1) is 10.7 Å². The first-order valence-electron chi connectivity index (χ1n) is 6.89. The highest BCUT2D eigenvalue weighted by Gasteiger charge is 2.06. The lowest BCUT2D eigenvalue weighted by Crippen LogP contribution is -2.43. The van der Waals surface area contributed by atoms with Crippen LogP contribution < -0.4 is 16.2 Å². The minimum absolute atomic E-state index is 0.157. The first kappa shape index (κ1) is 17.5. The Balaban J connectivity index is 1.75. The van der Waals surface area contributed by atoms with Crippen LogP contribution in [-0.4, -0.2) is 11.0 Å². The van der Waals surface area contributed by atoms with Crippen LogP contribution in [0, 0.1) is 0 Å². The molecular formula is C16H15Cl2N3OS. The lowest BCUT2D eigenvalue weighted by atomic mass is 10.1. The van der Waals surface area contributed by atoms with Crippen LogP contribution in [0.4, 0.5) is 5.69 Å². The Morgan fingerprint density at radius 2 is 1.78 bits per heavy atom. The van der Waals surface area contributed by atoms with Gasteiger partial charge < -0.3 is 5.32 Å². The molecule has 7 heteroatoms. The molecule has 2 aromatic rings. The number of hydrogen-bond donors (Lipinski definition) is 3. The third-order valence-electron chi connectivity index (χ3n) is 2.98. The highest BCUT2D eigenvalue weighted by Crippen LogP contribution is 2.25. The zero-order valence-electron chi connectivity index (χ0n) is 12.1. The van der Waals surface area contributed by atoms with Crippen LogP contribution >= 0.6 is 35.4 Å². The van der Waals surface area contributed by atoms with Gasteiger partial charge in [-0.3, -0.25) is 15.6 Å². The van der Waals surface area contributed by atoms with E-state index in [1.54, 1.807) is 18.2 Å². The fourth-order valence-electron chi connectivity index (χ4n) is 1.84. The number of carbonyl (C=O) groups is 1. The summed E-state index contributed by atoms with van der Waals surface area (Å²) in [5.41, 5.74) is 6.84. The molecule has 0 fully saturated rings. The molecule has 1 amide bonds. The van der Waals surface area contributed by atoms with Gasteiger partial charge in [-0.25, -0.2) is 0 Å². The number of aryl methyl sites for hydroxylation is 1. The Labute approximate surface area is 150 Å². The van der Waals surface area contributed by atoms with Crippen molar-refractivity contribution in [1.29, 1.82) is 0 Å². The molecule has 0 saturated carbocycles. The highest BCUT2D eigenvalue weighted by molar-refractivity contribution is 7.80. The normalized spacial score (nSPS) is 10.0. The molecule has 0 aliphatic rings. The van der Waals surface area contributed by atoms with Crippen LogP contribution in [-0.2, 0) is 11.2 Å². The van der Waals surface area contributed by atoms with Gasteiger partial charge in [-0.15, -0.1) is 0 Å². The smallest absolute Gasteiger partial charge is 0.238 e. The molecular weight excluding hydrogens is 353 g/mol. The molecule has 120 valence electrons. The van der Waals surface area contributed by atoms with E-state index in [2.05, 4.69) is 16.2 Å². The van der Waals surface area contributed by atoms with Gasteiger partial charge in [0.15, 0.2) is 5.11 Å². The summed E-state index contributed by atoms with van der Waals surface area (Å²) in [6, 6.07) is 14.8. The highest BCUT2D eigenvalue weighted by atomic mass is 35.5. The number of anilines is 1. The summed E-state index contributed by atoms with van der Waals surface area (Å²) >= 11 is 17.0. The molecule has 0 atom stereocenters. The molecule has 2 aromatic carbocycles. The van der Waals surface area contributed by atoms with Crippen LogP contribution in [0.1, 0.15) is 12.0 Å². The minimum atomic E-state index is -0.157. The standard InChI is InChI=1S/C16H15Cl2N3OS/c17-12-7-8-13(18)14(10-12)19-16(23)21-20-15(22)9-6-11-4-2-1-3-5-11/h1-5,7-8,10H,6,9H2,(H,20,22)(H2,19,21,23). The molecule has 0 radical (unpaired) electrons. The van der Waals surface area contributed by atoms with Crippen LogP contribution in [0.3, 0.4) is 0 Å². The number of thiocarbonyl (C=S) groups is 1. The molecule has 0 bridgehead atoms. The first-order chi connectivity index (χ1) is 11.0. The van der Waals surface area contributed by atoms with Crippen LogP contribution in [0.25, 0.3) is 0 Å². The van der Waals surface area contributed by atoms with E-state index in [1.165, 1.54) is 0 Å². The molecule has 0 unspecified atom stereocenters. The van der Waals surface area contributed by atoms with Gasteiger partial charge in [0, 0.05) is 11.4 Å². The fraction of sp³-hybridized carbons (Fsp3) is 0.125. The lowest BCUT2D eigenvalue weighted by molar-refractivity contribution is -0.121. The summed E-state index contributed by atoms with van der Waals surface area (Å²) < 4.78 is 0. The minimum Gasteiger partial charge on any atom is -0.330 e. The summed E-state index contributed by atoms with van der Waals surface area (Å²) in [5.74, 6) is -0.157. The van der Waals surface area contributed by atoms with Crippen LogP contribution in [0.5, 0.6) is 0 Å². The van der Waals surface area contributed by atoms with E-state index >= 15 is 0 Å². The van der Waals surface area contributed by atoms with Crippen LogP contribution in [0.15, 0.2) is 48.5 Å². The van der Waals surface area contributed by atoms with Crippen LogP contribution in [0.2, 0.25) is 10.0 Å². The van der Waals surface area contributed by atoms with Crippen molar-refractivity contribution >= 4 is 52.1 Å². The Morgan fingerprint density at radius 3 is 2.52 bits per heavy atom. The third-order valence-corrected chi connectivity index (χ3v) is 3.74. The zero-order valence-corrected chi connectivity index (χ0v) is 14.4. The largest absolute Gasteiger partial charge is 0.330 e. The Kier molecular flexibility index (Phi) is 6.65. The predicted octanol–water partition coefficient (Wildman–Crippen LogP) is 3.94. The average molecular weight is 368 g/mol. The average Bonchev–Trinajstić information content (AvgIpc) is 2.55. The molecule has 0 aliphatic carbocycles. The summed E-state index contributed by atoms with van der Waals surface area (Å²) in [6.07, 6.45) is 1.02. The van der Waals surface area contributed by atoms with E-state index in [0.29, 0.717) is 28.6 Å². The SMILES string of the molecule is O=C(CCc1ccccc1)NNC(=S)Nc1cc(Cl)ccc1Cl. The quantitative estimate of drug-likeness (QED) is 0.565. The van der Waals surface area contributed by atoms with Crippen molar-refractivity contribution in [2.24, 2.45) is 0 Å². The molecule has 0 spiro atoms. The van der Waals surface area contributed by atoms with Gasteiger partial charge in [-0.1, -0.05) is 53.5 Å². The van der Waals surface area contributed by atoms with Crippen molar-refractivity contribution < 1.29 is 4.79 Å². The maximum absolute atomic E-state index is 11.8. The monoisotopic (exact) mass is 367 g/mol. The molecule has 0 aliphatic heterocycles. The molecule has 0 heterocycles. The molecule has 23 heavy (non-hydrogen) atoms. The zero-order chi connectivity index (χ0) is 16.7. The van der Waals surface area contributed by atoms with Crippen molar-refractivity contribution in [3.05, 3.63) is 64.1 Å². The number of halogens is 2. The van der Waals surface area contributed by atoms with Crippen molar-refractivity contribution in [3.8, 4) is 0 Å². The topological polar surface area (TPSA) is 53.2 Å². The Hall–Kier alpha value is -1.82. The maximum Gasteiger partial charge on any atom is 0.238 e. The predicted molar refractivity (Wildman–Crippen MR) is 98.7 cm³/mol. The third kappa shape index (κ3) is 6.06.